The highest BCUT2D eigenvalue weighted by molar-refractivity contribution is 7.88. The second-order valence-corrected chi connectivity index (χ2v) is 8.30. The Balaban J connectivity index is 1.73. The van der Waals surface area contributed by atoms with Gasteiger partial charge in [-0.2, -0.15) is 4.31 Å². The van der Waals surface area contributed by atoms with E-state index >= 15 is 0 Å². The second-order valence-electron chi connectivity index (χ2n) is 5.93. The molecule has 2 aliphatic rings. The number of carbonyl (C=O) groups excluding carboxylic acids is 1. The van der Waals surface area contributed by atoms with E-state index in [2.05, 4.69) is 9.97 Å². The fourth-order valence-electron chi connectivity index (χ4n) is 2.80. The van der Waals surface area contributed by atoms with Crippen LogP contribution in [0.25, 0.3) is 0 Å². The molecule has 11 heteroatoms. The van der Waals surface area contributed by atoms with Crippen LogP contribution in [0.15, 0.2) is 6.07 Å². The van der Waals surface area contributed by atoms with Crippen molar-refractivity contribution in [3.05, 3.63) is 16.9 Å². The molecule has 3 heterocycles. The van der Waals surface area contributed by atoms with Crippen LogP contribution in [0.4, 0.5) is 5.95 Å². The zero-order chi connectivity index (χ0) is 18.0. The Labute approximate surface area is 151 Å². The first-order valence-electron chi connectivity index (χ1n) is 7.96. The van der Waals surface area contributed by atoms with Crippen LogP contribution in [-0.2, 0) is 14.8 Å². The lowest BCUT2D eigenvalue weighted by atomic mass is 10.3. The van der Waals surface area contributed by atoms with Gasteiger partial charge in [0.1, 0.15) is 10.8 Å². The third-order valence-electron chi connectivity index (χ3n) is 4.19. The van der Waals surface area contributed by atoms with Gasteiger partial charge in [0.2, 0.25) is 16.0 Å². The first-order chi connectivity index (χ1) is 11.8. The molecule has 2 aliphatic heterocycles. The number of hydrogen-bond donors (Lipinski definition) is 0. The number of nitrogens with zero attached hydrogens (tertiary/aromatic N) is 5. The molecule has 0 N–H and O–H groups in total. The molecule has 138 valence electrons. The maximum atomic E-state index is 12.7. The minimum absolute atomic E-state index is 0.203. The van der Waals surface area contributed by atoms with Crippen molar-refractivity contribution in [2.24, 2.45) is 0 Å². The lowest BCUT2D eigenvalue weighted by Crippen LogP contribution is -2.50. The van der Waals surface area contributed by atoms with Gasteiger partial charge in [-0.3, -0.25) is 4.79 Å². The van der Waals surface area contributed by atoms with Crippen LogP contribution in [0.2, 0.25) is 5.15 Å². The molecule has 2 fully saturated rings. The number of aromatic nitrogens is 2. The molecule has 3 rings (SSSR count). The maximum absolute atomic E-state index is 12.7. The first kappa shape index (κ1) is 18.3. The zero-order valence-electron chi connectivity index (χ0n) is 13.9. The van der Waals surface area contributed by atoms with E-state index in [-0.39, 0.29) is 29.8 Å². The number of piperazine rings is 1. The minimum Gasteiger partial charge on any atom is -0.378 e. The number of sulfonamides is 1. The van der Waals surface area contributed by atoms with Gasteiger partial charge in [-0.25, -0.2) is 18.4 Å². The van der Waals surface area contributed by atoms with Crippen molar-refractivity contribution in [1.82, 2.24) is 19.2 Å². The normalized spacial score (nSPS) is 19.9. The standard InChI is InChI=1S/C14H20ClN5O4S/c1-25(22,23)20-4-2-18(3-5-20)13(21)11-10-12(15)17-14(16-11)19-6-8-24-9-7-19/h10H,2-9H2,1H3. The molecular formula is C14H20ClN5O4S. The number of rotatable bonds is 3. The average molecular weight is 390 g/mol. The van der Waals surface area contributed by atoms with Gasteiger partial charge in [-0.05, 0) is 0 Å². The van der Waals surface area contributed by atoms with E-state index in [1.807, 2.05) is 4.90 Å². The summed E-state index contributed by atoms with van der Waals surface area (Å²) in [6, 6.07) is 1.44. The van der Waals surface area contributed by atoms with Crippen LogP contribution >= 0.6 is 11.6 Å². The summed E-state index contributed by atoms with van der Waals surface area (Å²) in [5.74, 6) is 0.140. The third kappa shape index (κ3) is 4.38. The summed E-state index contributed by atoms with van der Waals surface area (Å²) in [6.07, 6.45) is 1.17. The van der Waals surface area contributed by atoms with Crippen molar-refractivity contribution < 1.29 is 17.9 Å². The largest absolute Gasteiger partial charge is 0.378 e. The van der Waals surface area contributed by atoms with Crippen molar-refractivity contribution in [2.75, 3.05) is 63.6 Å². The van der Waals surface area contributed by atoms with Gasteiger partial charge in [0.25, 0.3) is 5.91 Å². The Kier molecular flexibility index (Phi) is 5.42. The molecule has 0 unspecified atom stereocenters. The summed E-state index contributed by atoms with van der Waals surface area (Å²) < 4.78 is 29.8. The molecule has 2 saturated heterocycles. The fourth-order valence-corrected chi connectivity index (χ4v) is 3.81. The summed E-state index contributed by atoms with van der Waals surface area (Å²) in [6.45, 7) is 3.63. The molecule has 1 amide bonds. The number of anilines is 1. The van der Waals surface area contributed by atoms with Crippen molar-refractivity contribution >= 4 is 33.5 Å². The third-order valence-corrected chi connectivity index (χ3v) is 5.69. The molecule has 0 saturated carbocycles. The number of ether oxygens (including phenoxy) is 1. The molecule has 1 aromatic rings. The predicted molar refractivity (Wildman–Crippen MR) is 92.4 cm³/mol. The summed E-state index contributed by atoms with van der Waals surface area (Å²) in [7, 11) is -3.24. The van der Waals surface area contributed by atoms with Crippen molar-refractivity contribution in [3.8, 4) is 0 Å². The number of morpholine rings is 1. The lowest BCUT2D eigenvalue weighted by Gasteiger charge is -2.33. The van der Waals surface area contributed by atoms with Crippen molar-refractivity contribution in [2.45, 2.75) is 0 Å². The SMILES string of the molecule is CS(=O)(=O)N1CCN(C(=O)c2cc(Cl)nc(N3CCOCC3)n2)CC1. The highest BCUT2D eigenvalue weighted by Gasteiger charge is 2.28. The van der Waals surface area contributed by atoms with E-state index in [4.69, 9.17) is 16.3 Å². The highest BCUT2D eigenvalue weighted by Crippen LogP contribution is 2.17. The minimum atomic E-state index is -3.24. The summed E-state index contributed by atoms with van der Waals surface area (Å²) in [5, 5.41) is 0.203. The monoisotopic (exact) mass is 389 g/mol. The molecule has 0 radical (unpaired) electrons. The molecule has 0 atom stereocenters. The van der Waals surface area contributed by atoms with E-state index in [1.165, 1.54) is 16.6 Å². The summed E-state index contributed by atoms with van der Waals surface area (Å²) >= 11 is 6.07. The van der Waals surface area contributed by atoms with Crippen LogP contribution in [0.1, 0.15) is 10.5 Å². The zero-order valence-corrected chi connectivity index (χ0v) is 15.5. The second kappa shape index (κ2) is 7.40. The molecule has 0 bridgehead atoms. The van der Waals surface area contributed by atoms with E-state index in [1.54, 1.807) is 4.90 Å². The van der Waals surface area contributed by atoms with Crippen LogP contribution < -0.4 is 4.90 Å². The number of amides is 1. The number of hydrogen-bond acceptors (Lipinski definition) is 7. The van der Waals surface area contributed by atoms with E-state index < -0.39 is 10.0 Å². The lowest BCUT2D eigenvalue weighted by molar-refractivity contribution is 0.0692. The molecular weight excluding hydrogens is 370 g/mol. The number of halogens is 1. The molecule has 25 heavy (non-hydrogen) atoms. The van der Waals surface area contributed by atoms with E-state index in [0.717, 1.165) is 0 Å². The topological polar surface area (TPSA) is 95.9 Å². The molecule has 0 aliphatic carbocycles. The van der Waals surface area contributed by atoms with Gasteiger partial charge in [-0.15, -0.1) is 0 Å². The van der Waals surface area contributed by atoms with Crippen LogP contribution in [-0.4, -0.2) is 92.2 Å². The van der Waals surface area contributed by atoms with Gasteiger partial charge >= 0.3 is 0 Å². The Hall–Kier alpha value is -1.49. The van der Waals surface area contributed by atoms with Crippen LogP contribution in [0.3, 0.4) is 0 Å². The van der Waals surface area contributed by atoms with Gasteiger partial charge in [0.15, 0.2) is 0 Å². The molecule has 1 aromatic heterocycles. The van der Waals surface area contributed by atoms with Crippen molar-refractivity contribution in [1.29, 1.82) is 0 Å². The Morgan fingerprint density at radius 1 is 1.12 bits per heavy atom. The van der Waals surface area contributed by atoms with E-state index in [9.17, 15) is 13.2 Å². The summed E-state index contributed by atoms with van der Waals surface area (Å²) in [5.41, 5.74) is 0.217. The van der Waals surface area contributed by atoms with Crippen LogP contribution in [0, 0.1) is 0 Å². The van der Waals surface area contributed by atoms with Gasteiger partial charge in [-0.1, -0.05) is 11.6 Å². The smallest absolute Gasteiger partial charge is 0.272 e. The molecule has 9 nitrogen and oxygen atoms in total. The quantitative estimate of drug-likeness (QED) is 0.654. The van der Waals surface area contributed by atoms with Gasteiger partial charge in [0, 0.05) is 45.3 Å². The summed E-state index contributed by atoms with van der Waals surface area (Å²) in [4.78, 5) is 24.8. The van der Waals surface area contributed by atoms with Crippen molar-refractivity contribution in [3.63, 3.8) is 0 Å². The fraction of sp³-hybridized carbons (Fsp3) is 0.643. The van der Waals surface area contributed by atoms with Gasteiger partial charge in [0.05, 0.1) is 19.5 Å². The molecule has 0 aromatic carbocycles. The highest BCUT2D eigenvalue weighted by atomic mass is 35.5. The Morgan fingerprint density at radius 2 is 1.76 bits per heavy atom. The first-order valence-corrected chi connectivity index (χ1v) is 10.2. The maximum Gasteiger partial charge on any atom is 0.272 e. The molecule has 0 spiro atoms. The Bertz CT molecular complexity index is 746. The Morgan fingerprint density at radius 3 is 2.36 bits per heavy atom. The van der Waals surface area contributed by atoms with E-state index in [0.29, 0.717) is 45.3 Å². The van der Waals surface area contributed by atoms with Gasteiger partial charge < -0.3 is 14.5 Å². The average Bonchev–Trinajstić information content (AvgIpc) is 2.61. The predicted octanol–water partition coefficient (Wildman–Crippen LogP) is -0.316. The van der Waals surface area contributed by atoms with Crippen LogP contribution in [0.5, 0.6) is 0 Å². The number of carbonyl (C=O) groups is 1.